The van der Waals surface area contributed by atoms with Crippen molar-refractivity contribution in [3.05, 3.63) is 81.9 Å². The molecule has 3 aromatic rings. The molecule has 158 valence electrons. The van der Waals surface area contributed by atoms with Crippen LogP contribution in [-0.2, 0) is 24.2 Å². The van der Waals surface area contributed by atoms with Gasteiger partial charge in [-0.3, -0.25) is 14.6 Å². The zero-order valence-corrected chi connectivity index (χ0v) is 18.6. The van der Waals surface area contributed by atoms with E-state index in [0.717, 1.165) is 56.3 Å². The summed E-state index contributed by atoms with van der Waals surface area (Å²) in [4.78, 5) is 7.28. The molecule has 1 saturated heterocycles. The minimum atomic E-state index is 0.0111. The van der Waals surface area contributed by atoms with Gasteiger partial charge in [-0.1, -0.05) is 29.8 Å². The molecule has 1 aliphatic heterocycles. The van der Waals surface area contributed by atoms with E-state index in [-0.39, 0.29) is 6.10 Å². The summed E-state index contributed by atoms with van der Waals surface area (Å²) in [6.45, 7) is 12.8. The molecule has 0 aliphatic carbocycles. The molecule has 1 atom stereocenters. The highest BCUT2D eigenvalue weighted by molar-refractivity contribution is 5.31. The number of hydrogen-bond donors (Lipinski definition) is 0. The SMILES string of the molecule is CCn1cc(CN2CCO[C@@H](c3cc(Cc4ccc(C)cc4)cc(C)n3)C2)c(C)n1. The second-order valence-electron chi connectivity index (χ2n) is 8.39. The van der Waals surface area contributed by atoms with Crippen LogP contribution in [0.1, 0.15) is 52.4 Å². The van der Waals surface area contributed by atoms with Crippen molar-refractivity contribution in [1.82, 2.24) is 19.7 Å². The molecular weight excluding hydrogens is 372 g/mol. The van der Waals surface area contributed by atoms with Gasteiger partial charge in [-0.05, 0) is 57.4 Å². The molecule has 1 fully saturated rings. The molecular formula is C25H32N4O. The first kappa shape index (κ1) is 20.8. The number of pyridine rings is 1. The summed E-state index contributed by atoms with van der Waals surface area (Å²) >= 11 is 0. The second kappa shape index (κ2) is 9.11. The molecule has 1 aromatic carbocycles. The van der Waals surface area contributed by atoms with E-state index in [1.807, 2.05) is 4.68 Å². The molecule has 0 bridgehead atoms. The summed E-state index contributed by atoms with van der Waals surface area (Å²) < 4.78 is 8.16. The Morgan fingerprint density at radius 1 is 1.07 bits per heavy atom. The maximum Gasteiger partial charge on any atom is 0.112 e. The van der Waals surface area contributed by atoms with Crippen LogP contribution in [0, 0.1) is 20.8 Å². The molecule has 0 saturated carbocycles. The number of morpholine rings is 1. The Labute approximate surface area is 179 Å². The van der Waals surface area contributed by atoms with Gasteiger partial charge in [0.25, 0.3) is 0 Å². The molecule has 3 heterocycles. The largest absolute Gasteiger partial charge is 0.369 e. The minimum absolute atomic E-state index is 0.0111. The fourth-order valence-corrected chi connectivity index (χ4v) is 4.12. The molecule has 5 nitrogen and oxygen atoms in total. The molecule has 4 rings (SSSR count). The second-order valence-corrected chi connectivity index (χ2v) is 8.39. The average Bonchev–Trinajstić information content (AvgIpc) is 3.09. The molecule has 2 aromatic heterocycles. The smallest absolute Gasteiger partial charge is 0.112 e. The predicted molar refractivity (Wildman–Crippen MR) is 120 cm³/mol. The third kappa shape index (κ3) is 4.97. The summed E-state index contributed by atoms with van der Waals surface area (Å²) in [7, 11) is 0. The third-order valence-electron chi connectivity index (χ3n) is 5.81. The predicted octanol–water partition coefficient (Wildman–Crippen LogP) is 4.39. The van der Waals surface area contributed by atoms with Gasteiger partial charge in [0, 0.05) is 43.6 Å². The normalized spacial score (nSPS) is 17.4. The molecule has 0 spiro atoms. The van der Waals surface area contributed by atoms with Gasteiger partial charge in [-0.25, -0.2) is 0 Å². The first-order valence-corrected chi connectivity index (χ1v) is 10.9. The number of ether oxygens (including phenoxy) is 1. The topological polar surface area (TPSA) is 43.2 Å². The summed E-state index contributed by atoms with van der Waals surface area (Å²) in [5.41, 5.74) is 8.43. The van der Waals surface area contributed by atoms with Crippen LogP contribution in [0.2, 0.25) is 0 Å². The summed E-state index contributed by atoms with van der Waals surface area (Å²) in [6.07, 6.45) is 3.10. The van der Waals surface area contributed by atoms with Crippen molar-refractivity contribution < 1.29 is 4.74 Å². The number of nitrogens with zero attached hydrogens (tertiary/aromatic N) is 4. The van der Waals surface area contributed by atoms with Gasteiger partial charge >= 0.3 is 0 Å². The number of rotatable bonds is 6. The highest BCUT2D eigenvalue weighted by atomic mass is 16.5. The Morgan fingerprint density at radius 2 is 1.87 bits per heavy atom. The van der Waals surface area contributed by atoms with Crippen molar-refractivity contribution in [2.45, 2.75) is 53.3 Å². The van der Waals surface area contributed by atoms with Crippen molar-refractivity contribution in [3.8, 4) is 0 Å². The van der Waals surface area contributed by atoms with Crippen LogP contribution >= 0.6 is 0 Å². The van der Waals surface area contributed by atoms with Crippen LogP contribution in [0.15, 0.2) is 42.6 Å². The van der Waals surface area contributed by atoms with Gasteiger partial charge in [0.15, 0.2) is 0 Å². The third-order valence-corrected chi connectivity index (χ3v) is 5.81. The molecule has 5 heteroatoms. The first-order valence-electron chi connectivity index (χ1n) is 10.9. The average molecular weight is 405 g/mol. The fourth-order valence-electron chi connectivity index (χ4n) is 4.12. The number of benzene rings is 1. The van der Waals surface area contributed by atoms with E-state index in [1.54, 1.807) is 0 Å². The lowest BCUT2D eigenvalue weighted by Gasteiger charge is -2.32. The number of aromatic nitrogens is 3. The number of aryl methyl sites for hydroxylation is 4. The Balaban J connectivity index is 1.48. The van der Waals surface area contributed by atoms with Gasteiger partial charge < -0.3 is 4.74 Å². The van der Waals surface area contributed by atoms with Gasteiger partial charge in [0.1, 0.15) is 6.10 Å². The minimum Gasteiger partial charge on any atom is -0.369 e. The summed E-state index contributed by atoms with van der Waals surface area (Å²) in [6, 6.07) is 13.2. The maximum absolute atomic E-state index is 6.14. The summed E-state index contributed by atoms with van der Waals surface area (Å²) in [5, 5.41) is 4.59. The Bertz CT molecular complexity index is 993. The fraction of sp³-hybridized carbons (Fsp3) is 0.440. The standard InChI is InChI=1S/C25H32N4O/c1-5-29-16-23(20(4)27-29)15-28-10-11-30-25(17-28)24-14-22(12-19(3)26-24)13-21-8-6-18(2)7-9-21/h6-9,12,14,16,25H,5,10-11,13,15,17H2,1-4H3/t25-/m1/s1. The zero-order chi connectivity index (χ0) is 21.1. The monoisotopic (exact) mass is 404 g/mol. The van der Waals surface area contributed by atoms with Gasteiger partial charge in [-0.2, -0.15) is 5.10 Å². The molecule has 0 N–H and O–H groups in total. The van der Waals surface area contributed by atoms with E-state index >= 15 is 0 Å². The van der Waals surface area contributed by atoms with Gasteiger partial charge in [-0.15, -0.1) is 0 Å². The van der Waals surface area contributed by atoms with E-state index in [9.17, 15) is 0 Å². The maximum atomic E-state index is 6.14. The lowest BCUT2D eigenvalue weighted by molar-refractivity contribution is -0.0351. The van der Waals surface area contributed by atoms with E-state index in [0.29, 0.717) is 0 Å². The van der Waals surface area contributed by atoms with Crippen molar-refractivity contribution in [3.63, 3.8) is 0 Å². The van der Waals surface area contributed by atoms with Crippen LogP contribution in [0.4, 0.5) is 0 Å². The van der Waals surface area contributed by atoms with Gasteiger partial charge in [0.05, 0.1) is 18.0 Å². The van der Waals surface area contributed by atoms with Crippen molar-refractivity contribution in [2.75, 3.05) is 19.7 Å². The van der Waals surface area contributed by atoms with Crippen molar-refractivity contribution in [1.29, 1.82) is 0 Å². The Kier molecular flexibility index (Phi) is 6.30. The van der Waals surface area contributed by atoms with E-state index in [2.05, 4.69) is 80.3 Å². The van der Waals surface area contributed by atoms with Crippen molar-refractivity contribution >= 4 is 0 Å². The molecule has 0 radical (unpaired) electrons. The molecule has 1 aliphatic rings. The van der Waals surface area contributed by atoms with E-state index < -0.39 is 0 Å². The van der Waals surface area contributed by atoms with Crippen molar-refractivity contribution in [2.24, 2.45) is 0 Å². The van der Waals surface area contributed by atoms with Crippen LogP contribution in [-0.4, -0.2) is 39.4 Å². The highest BCUT2D eigenvalue weighted by Crippen LogP contribution is 2.24. The highest BCUT2D eigenvalue weighted by Gasteiger charge is 2.24. The van der Waals surface area contributed by atoms with Crippen LogP contribution in [0.3, 0.4) is 0 Å². The first-order chi connectivity index (χ1) is 14.5. The van der Waals surface area contributed by atoms with E-state index in [4.69, 9.17) is 9.72 Å². The lowest BCUT2D eigenvalue weighted by atomic mass is 10.0. The summed E-state index contributed by atoms with van der Waals surface area (Å²) in [5.74, 6) is 0. The van der Waals surface area contributed by atoms with Crippen LogP contribution in [0.5, 0.6) is 0 Å². The quantitative estimate of drug-likeness (QED) is 0.611. The lowest BCUT2D eigenvalue weighted by Crippen LogP contribution is -2.38. The zero-order valence-electron chi connectivity index (χ0n) is 18.6. The Hall–Kier alpha value is -2.50. The molecule has 30 heavy (non-hydrogen) atoms. The Morgan fingerprint density at radius 3 is 2.60 bits per heavy atom. The van der Waals surface area contributed by atoms with Crippen LogP contribution < -0.4 is 0 Å². The molecule has 0 unspecified atom stereocenters. The number of hydrogen-bond acceptors (Lipinski definition) is 4. The van der Waals surface area contributed by atoms with Crippen LogP contribution in [0.25, 0.3) is 0 Å². The molecule has 0 amide bonds. The van der Waals surface area contributed by atoms with E-state index in [1.165, 1.54) is 22.3 Å². The van der Waals surface area contributed by atoms with Gasteiger partial charge in [0.2, 0.25) is 0 Å².